The number of carbonyl (C=O) groups excluding carboxylic acids is 5. The minimum Gasteiger partial charge on any atom is -0.489 e. The third-order valence-corrected chi connectivity index (χ3v) is 12.9. The summed E-state index contributed by atoms with van der Waals surface area (Å²) in [6.45, 7) is 0.516. The number of aliphatic carboxylic acids is 1. The lowest BCUT2D eigenvalue weighted by molar-refractivity contribution is -0.142. The second-order valence-corrected chi connectivity index (χ2v) is 18.7. The van der Waals surface area contributed by atoms with Gasteiger partial charge in [0.05, 0.1) is 0 Å². The summed E-state index contributed by atoms with van der Waals surface area (Å²) in [6, 6.07) is 51.7. The van der Waals surface area contributed by atoms with Crippen LogP contribution in [0, 0.1) is 0 Å². The average molecular weight is 1050 g/mol. The van der Waals surface area contributed by atoms with Gasteiger partial charge in [-0.05, 0) is 87.2 Å². The van der Waals surface area contributed by atoms with Crippen LogP contribution in [-0.2, 0) is 74.3 Å². The van der Waals surface area contributed by atoms with Gasteiger partial charge in [0.1, 0.15) is 62.1 Å². The fourth-order valence-corrected chi connectivity index (χ4v) is 8.71. The van der Waals surface area contributed by atoms with Crippen molar-refractivity contribution in [2.75, 3.05) is 6.54 Å². The Morgan fingerprint density at radius 1 is 0.564 bits per heavy atom. The van der Waals surface area contributed by atoms with Crippen molar-refractivity contribution in [3.8, 4) is 22.6 Å². The average Bonchev–Trinajstić information content (AvgIpc) is 3.49. The van der Waals surface area contributed by atoms with Gasteiger partial charge in [0.2, 0.25) is 17.7 Å². The van der Waals surface area contributed by atoms with Crippen molar-refractivity contribution in [1.82, 2.24) is 26.6 Å². The highest BCUT2D eigenvalue weighted by Crippen LogP contribution is 2.30. The van der Waals surface area contributed by atoms with Gasteiger partial charge in [-0.25, -0.2) is 14.4 Å². The fraction of sp³-hybridized carbons (Fsp3) is 0.226. The topological polar surface area (TPSA) is 220 Å². The first-order valence-corrected chi connectivity index (χ1v) is 25.7. The standard InChI is InChI=1S/C62H61N5O11/c68-57-52(25-14-32-63-61(73)77-40-45-19-9-3-10-20-45)64-59(70)54(67-62(74)78-41-46-21-11-4-12-22-46)37-50-36-49(28-31-56(50)76-39-44-17-7-2-8-18-44)48-24-13-23-47(33-48)35-53(65-57)58(69)66-55(60(71)72)34-42-26-29-51(30-27-42)75-38-43-15-5-1-6-16-43/h1-13,15-24,26-31,33,36,52-55H,14,25,32,34-35,37-41H2,(H,63,73)(H,64,70)(H,65,68)(H,66,69)(H,67,74)(H,71,72)/t52-,53-,54-,55-/m0/s1. The summed E-state index contributed by atoms with van der Waals surface area (Å²) in [5.74, 6) is -2.61. The van der Waals surface area contributed by atoms with Crippen LogP contribution in [-0.4, -0.2) is 71.7 Å². The van der Waals surface area contributed by atoms with Gasteiger partial charge < -0.3 is 50.6 Å². The summed E-state index contributed by atoms with van der Waals surface area (Å²) >= 11 is 0. The number of hydrogen-bond acceptors (Lipinski definition) is 10. The van der Waals surface area contributed by atoms with Gasteiger partial charge in [-0.15, -0.1) is 0 Å². The molecule has 1 aliphatic heterocycles. The van der Waals surface area contributed by atoms with Gasteiger partial charge in [0, 0.05) is 25.8 Å². The highest BCUT2D eigenvalue weighted by Gasteiger charge is 2.33. The second kappa shape index (κ2) is 27.9. The smallest absolute Gasteiger partial charge is 0.408 e. The molecule has 0 fully saturated rings. The molecule has 0 radical (unpaired) electrons. The Morgan fingerprint density at radius 3 is 1.76 bits per heavy atom. The van der Waals surface area contributed by atoms with Crippen molar-refractivity contribution in [1.29, 1.82) is 0 Å². The highest BCUT2D eigenvalue weighted by atomic mass is 16.6. The van der Waals surface area contributed by atoms with Crippen molar-refractivity contribution in [2.45, 2.75) is 82.7 Å². The molecule has 16 nitrogen and oxygen atoms in total. The Labute approximate surface area is 452 Å². The van der Waals surface area contributed by atoms with E-state index in [1.807, 2.05) is 127 Å². The van der Waals surface area contributed by atoms with E-state index >= 15 is 0 Å². The van der Waals surface area contributed by atoms with Crippen LogP contribution >= 0.6 is 0 Å². The first kappa shape index (κ1) is 54.8. The highest BCUT2D eigenvalue weighted by molar-refractivity contribution is 5.95. The minimum atomic E-state index is -1.41. The zero-order chi connectivity index (χ0) is 54.5. The predicted molar refractivity (Wildman–Crippen MR) is 292 cm³/mol. The Morgan fingerprint density at radius 2 is 1.14 bits per heavy atom. The molecular weight excluding hydrogens is 991 g/mol. The van der Waals surface area contributed by atoms with E-state index in [0.717, 1.165) is 27.8 Å². The number of carbonyl (C=O) groups is 6. The Bertz CT molecular complexity index is 3110. The number of rotatable bonds is 20. The predicted octanol–water partition coefficient (Wildman–Crippen LogP) is 8.39. The molecule has 7 aromatic carbocycles. The molecule has 0 aromatic heterocycles. The number of amides is 5. The van der Waals surface area contributed by atoms with Gasteiger partial charge in [-0.2, -0.15) is 0 Å². The second-order valence-electron chi connectivity index (χ2n) is 18.7. The normalized spacial score (nSPS) is 15.6. The van der Waals surface area contributed by atoms with Crippen LogP contribution in [0.1, 0.15) is 51.8 Å². The molecule has 8 rings (SSSR count). The largest absolute Gasteiger partial charge is 0.489 e. The van der Waals surface area contributed by atoms with E-state index in [1.165, 1.54) is 0 Å². The summed E-state index contributed by atoms with van der Waals surface area (Å²) in [5, 5.41) is 24.2. The van der Waals surface area contributed by atoms with Gasteiger partial charge in [0.25, 0.3) is 0 Å². The molecule has 5 amide bonds. The summed E-state index contributed by atoms with van der Waals surface area (Å²) in [5.41, 5.74) is 6.63. The molecule has 6 N–H and O–H groups in total. The first-order chi connectivity index (χ1) is 38.0. The van der Waals surface area contributed by atoms with E-state index in [0.29, 0.717) is 40.4 Å². The number of carboxylic acid groups (broad SMARTS) is 1. The van der Waals surface area contributed by atoms with Crippen molar-refractivity contribution in [2.24, 2.45) is 0 Å². The molecule has 400 valence electrons. The molecule has 0 spiro atoms. The molecule has 0 saturated heterocycles. The third kappa shape index (κ3) is 16.8. The quantitative estimate of drug-likeness (QED) is 0.0398. The van der Waals surface area contributed by atoms with E-state index in [-0.39, 0.29) is 58.5 Å². The molecule has 4 bridgehead atoms. The minimum absolute atomic E-state index is 0.0311. The van der Waals surface area contributed by atoms with Gasteiger partial charge in [-0.1, -0.05) is 164 Å². The molecule has 1 aliphatic rings. The number of carboxylic acids is 1. The van der Waals surface area contributed by atoms with Crippen LogP contribution in [0.5, 0.6) is 11.5 Å². The van der Waals surface area contributed by atoms with Crippen LogP contribution in [0.15, 0.2) is 188 Å². The number of nitrogens with one attached hydrogen (secondary N) is 5. The number of ether oxygens (including phenoxy) is 4. The van der Waals surface area contributed by atoms with Crippen LogP contribution in [0.2, 0.25) is 0 Å². The van der Waals surface area contributed by atoms with Gasteiger partial charge in [-0.3, -0.25) is 14.4 Å². The molecule has 7 aromatic rings. The van der Waals surface area contributed by atoms with E-state index in [4.69, 9.17) is 18.9 Å². The van der Waals surface area contributed by atoms with Crippen molar-refractivity contribution in [3.05, 3.63) is 227 Å². The lowest BCUT2D eigenvalue weighted by Crippen LogP contribution is -2.58. The van der Waals surface area contributed by atoms with E-state index < -0.39 is 60.0 Å². The third-order valence-electron chi connectivity index (χ3n) is 12.9. The molecular formula is C62H61N5O11. The van der Waals surface area contributed by atoms with Crippen molar-refractivity contribution < 1.29 is 52.8 Å². The van der Waals surface area contributed by atoms with Crippen LogP contribution in [0.25, 0.3) is 11.1 Å². The van der Waals surface area contributed by atoms with Crippen LogP contribution in [0.4, 0.5) is 9.59 Å². The fourth-order valence-electron chi connectivity index (χ4n) is 8.71. The number of fused-ring (bicyclic) bond motifs is 5. The number of alkyl carbamates (subject to hydrolysis) is 2. The maximum absolute atomic E-state index is 14.8. The van der Waals surface area contributed by atoms with E-state index in [2.05, 4.69) is 26.6 Å². The zero-order valence-electron chi connectivity index (χ0n) is 42.8. The Hall–Kier alpha value is -9.44. The Kier molecular flexibility index (Phi) is 19.6. The number of benzene rings is 7. The summed E-state index contributed by atoms with van der Waals surface area (Å²) in [4.78, 5) is 83.3. The molecule has 4 atom stereocenters. The SMILES string of the molecule is O=C(NCCC[C@@H]1NC(=O)[C@@H](NC(=O)OCc2ccccc2)Cc2cc(ccc2OCc2ccccc2)-c2cccc(c2)C[C@@H](C(=O)N[C@@H](Cc2ccc(OCc3ccccc3)cc2)C(=O)O)NC1=O)OCc1ccccc1. The molecule has 16 heteroatoms. The van der Waals surface area contributed by atoms with Crippen LogP contribution < -0.4 is 36.1 Å². The molecule has 78 heavy (non-hydrogen) atoms. The van der Waals surface area contributed by atoms with E-state index in [9.17, 15) is 33.9 Å². The monoisotopic (exact) mass is 1050 g/mol. The molecule has 0 aliphatic carbocycles. The van der Waals surface area contributed by atoms with E-state index in [1.54, 1.807) is 60.7 Å². The van der Waals surface area contributed by atoms with Gasteiger partial charge in [0.15, 0.2) is 0 Å². The maximum Gasteiger partial charge on any atom is 0.408 e. The van der Waals surface area contributed by atoms with Crippen LogP contribution in [0.3, 0.4) is 0 Å². The molecule has 0 unspecified atom stereocenters. The van der Waals surface area contributed by atoms with Gasteiger partial charge >= 0.3 is 18.2 Å². The Balaban J connectivity index is 1.07. The zero-order valence-corrected chi connectivity index (χ0v) is 42.8. The molecule has 1 heterocycles. The summed E-state index contributed by atoms with van der Waals surface area (Å²) in [6.07, 6.45) is -1.80. The lowest BCUT2D eigenvalue weighted by Gasteiger charge is -2.26. The first-order valence-electron chi connectivity index (χ1n) is 25.7. The summed E-state index contributed by atoms with van der Waals surface area (Å²) in [7, 11) is 0. The van der Waals surface area contributed by atoms with Crippen molar-refractivity contribution >= 4 is 35.9 Å². The maximum atomic E-state index is 14.8. The summed E-state index contributed by atoms with van der Waals surface area (Å²) < 4.78 is 23.3. The van der Waals surface area contributed by atoms with Crippen molar-refractivity contribution in [3.63, 3.8) is 0 Å². The lowest BCUT2D eigenvalue weighted by atomic mass is 9.95. The molecule has 0 saturated carbocycles. The number of hydrogen-bond donors (Lipinski definition) is 6.